The topological polar surface area (TPSA) is 70.6 Å². The Kier molecular flexibility index (Phi) is 6.03. The van der Waals surface area contributed by atoms with E-state index in [9.17, 15) is 14.0 Å². The Bertz CT molecular complexity index is 776. The summed E-state index contributed by atoms with van der Waals surface area (Å²) in [5.41, 5.74) is 3.10. The van der Waals surface area contributed by atoms with E-state index in [2.05, 4.69) is 15.8 Å². The molecule has 7 heteroatoms. The van der Waals surface area contributed by atoms with Gasteiger partial charge in [0.15, 0.2) is 0 Å². The number of amides is 2. The van der Waals surface area contributed by atoms with Gasteiger partial charge in [0, 0.05) is 16.4 Å². The number of rotatable bonds is 5. The summed E-state index contributed by atoms with van der Waals surface area (Å²) in [6.45, 7) is 1.59. The molecule has 24 heavy (non-hydrogen) atoms. The van der Waals surface area contributed by atoms with E-state index < -0.39 is 11.7 Å². The summed E-state index contributed by atoms with van der Waals surface area (Å²) in [4.78, 5) is 23.7. The number of hydrogen-bond acceptors (Lipinski definition) is 3. The fraction of sp³-hybridized carbons (Fsp3) is 0.118. The van der Waals surface area contributed by atoms with Gasteiger partial charge < -0.3 is 5.32 Å². The first-order valence-corrected chi connectivity index (χ1v) is 7.47. The van der Waals surface area contributed by atoms with Crippen molar-refractivity contribution >= 4 is 34.8 Å². The molecular weight excluding hydrogens is 333 g/mol. The fourth-order valence-corrected chi connectivity index (χ4v) is 1.99. The molecule has 124 valence electrons. The van der Waals surface area contributed by atoms with Crippen LogP contribution in [-0.2, 0) is 4.79 Å². The van der Waals surface area contributed by atoms with Gasteiger partial charge in [0.25, 0.3) is 5.91 Å². The maximum absolute atomic E-state index is 13.5. The van der Waals surface area contributed by atoms with E-state index in [0.717, 1.165) is 0 Å². The molecule has 0 unspecified atom stereocenters. The summed E-state index contributed by atoms with van der Waals surface area (Å²) in [5.74, 6) is -1.60. The van der Waals surface area contributed by atoms with Crippen LogP contribution >= 0.6 is 11.6 Å². The van der Waals surface area contributed by atoms with Crippen LogP contribution in [0.2, 0.25) is 5.02 Å². The van der Waals surface area contributed by atoms with Crippen molar-refractivity contribution in [2.45, 2.75) is 13.3 Å². The van der Waals surface area contributed by atoms with Crippen LogP contribution in [0.4, 0.5) is 10.1 Å². The standard InChI is InChI=1S/C17H15ClFN3O2/c1-11(10-16(23)20-13-8-6-12(18)7-9-13)21-22-17(24)14-4-2-3-5-15(14)19/h2-9H,10H2,1H3,(H,20,23)(H,22,24). The van der Waals surface area contributed by atoms with Crippen LogP contribution in [-0.4, -0.2) is 17.5 Å². The predicted octanol–water partition coefficient (Wildman–Crippen LogP) is 3.61. The van der Waals surface area contributed by atoms with E-state index in [1.165, 1.54) is 18.2 Å². The highest BCUT2D eigenvalue weighted by molar-refractivity contribution is 6.30. The number of hydrogen-bond donors (Lipinski definition) is 2. The van der Waals surface area contributed by atoms with Gasteiger partial charge in [0.2, 0.25) is 5.91 Å². The van der Waals surface area contributed by atoms with E-state index in [4.69, 9.17) is 11.6 Å². The van der Waals surface area contributed by atoms with Crippen molar-refractivity contribution in [1.29, 1.82) is 0 Å². The van der Waals surface area contributed by atoms with Gasteiger partial charge in [0.05, 0.1) is 12.0 Å². The second kappa shape index (κ2) is 8.21. The Morgan fingerprint density at radius 2 is 1.79 bits per heavy atom. The fourth-order valence-electron chi connectivity index (χ4n) is 1.86. The normalized spacial score (nSPS) is 11.0. The lowest BCUT2D eigenvalue weighted by atomic mass is 10.2. The number of anilines is 1. The first-order chi connectivity index (χ1) is 11.5. The largest absolute Gasteiger partial charge is 0.326 e. The second-order valence-corrected chi connectivity index (χ2v) is 5.44. The van der Waals surface area contributed by atoms with Crippen LogP contribution in [0.25, 0.3) is 0 Å². The minimum Gasteiger partial charge on any atom is -0.326 e. The molecule has 0 aliphatic rings. The lowest BCUT2D eigenvalue weighted by molar-refractivity contribution is -0.115. The van der Waals surface area contributed by atoms with E-state index in [1.54, 1.807) is 37.3 Å². The first-order valence-electron chi connectivity index (χ1n) is 7.09. The zero-order valence-corrected chi connectivity index (χ0v) is 13.6. The molecule has 0 saturated heterocycles. The molecule has 0 radical (unpaired) electrons. The third-order valence-corrected chi connectivity index (χ3v) is 3.26. The van der Waals surface area contributed by atoms with Crippen LogP contribution < -0.4 is 10.7 Å². The number of hydrazone groups is 1. The zero-order valence-electron chi connectivity index (χ0n) is 12.8. The number of nitrogens with zero attached hydrogens (tertiary/aromatic N) is 1. The summed E-state index contributed by atoms with van der Waals surface area (Å²) in [5, 5.41) is 7.05. The number of halogens is 2. The highest BCUT2D eigenvalue weighted by atomic mass is 35.5. The van der Waals surface area contributed by atoms with Crippen molar-refractivity contribution in [2.24, 2.45) is 5.10 Å². The minimum absolute atomic E-state index is 0.0137. The molecule has 2 aromatic rings. The third-order valence-electron chi connectivity index (χ3n) is 3.01. The summed E-state index contributed by atoms with van der Waals surface area (Å²) in [6.07, 6.45) is -0.0137. The van der Waals surface area contributed by atoms with E-state index in [0.29, 0.717) is 16.4 Å². The Balaban J connectivity index is 1.89. The van der Waals surface area contributed by atoms with Crippen LogP contribution in [0.15, 0.2) is 53.6 Å². The molecule has 5 nitrogen and oxygen atoms in total. The quantitative estimate of drug-likeness (QED) is 0.640. The SMILES string of the molecule is CC(CC(=O)Nc1ccc(Cl)cc1)=NNC(=O)c1ccccc1F. The minimum atomic E-state index is -0.675. The number of nitrogens with one attached hydrogen (secondary N) is 2. The van der Waals surface area contributed by atoms with Crippen LogP contribution in [0.5, 0.6) is 0 Å². The molecule has 0 bridgehead atoms. The highest BCUT2D eigenvalue weighted by Gasteiger charge is 2.10. The maximum atomic E-state index is 13.5. The van der Waals surface area contributed by atoms with Gasteiger partial charge in [-0.05, 0) is 43.3 Å². The van der Waals surface area contributed by atoms with E-state index in [-0.39, 0.29) is 17.9 Å². The average molecular weight is 348 g/mol. The molecule has 0 aromatic heterocycles. The van der Waals surface area contributed by atoms with Crippen molar-refractivity contribution in [3.8, 4) is 0 Å². The molecule has 0 atom stereocenters. The van der Waals surface area contributed by atoms with Gasteiger partial charge in [-0.15, -0.1) is 0 Å². The van der Waals surface area contributed by atoms with Gasteiger partial charge >= 0.3 is 0 Å². The monoisotopic (exact) mass is 347 g/mol. The summed E-state index contributed by atoms with van der Waals surface area (Å²) in [6, 6.07) is 12.2. The lowest BCUT2D eigenvalue weighted by Gasteiger charge is -2.06. The van der Waals surface area contributed by atoms with Gasteiger partial charge in [-0.3, -0.25) is 9.59 Å². The van der Waals surface area contributed by atoms with Crippen molar-refractivity contribution < 1.29 is 14.0 Å². The van der Waals surface area contributed by atoms with Crippen molar-refractivity contribution in [2.75, 3.05) is 5.32 Å². The molecule has 2 aromatic carbocycles. The van der Waals surface area contributed by atoms with Crippen LogP contribution in [0, 0.1) is 5.82 Å². The van der Waals surface area contributed by atoms with Gasteiger partial charge in [-0.1, -0.05) is 23.7 Å². The van der Waals surface area contributed by atoms with E-state index in [1.807, 2.05) is 0 Å². The third kappa shape index (κ3) is 5.17. The van der Waals surface area contributed by atoms with Gasteiger partial charge in [-0.25, -0.2) is 9.82 Å². The van der Waals surface area contributed by atoms with Gasteiger partial charge in [-0.2, -0.15) is 5.10 Å². The van der Waals surface area contributed by atoms with Crippen molar-refractivity contribution in [3.05, 3.63) is 64.9 Å². The maximum Gasteiger partial charge on any atom is 0.274 e. The molecular formula is C17H15ClFN3O2. The molecule has 0 spiro atoms. The molecule has 2 N–H and O–H groups in total. The summed E-state index contributed by atoms with van der Waals surface area (Å²) < 4.78 is 13.5. The number of benzene rings is 2. The number of carbonyl (C=O) groups excluding carboxylic acids is 2. The molecule has 2 amide bonds. The Hall–Kier alpha value is -2.73. The Morgan fingerprint density at radius 3 is 2.46 bits per heavy atom. The molecule has 0 aliphatic carbocycles. The molecule has 0 saturated carbocycles. The second-order valence-electron chi connectivity index (χ2n) is 5.00. The Morgan fingerprint density at radius 1 is 1.12 bits per heavy atom. The number of carbonyl (C=O) groups is 2. The highest BCUT2D eigenvalue weighted by Crippen LogP contribution is 2.13. The molecule has 0 aliphatic heterocycles. The predicted molar refractivity (Wildman–Crippen MR) is 91.7 cm³/mol. The van der Waals surface area contributed by atoms with Crippen molar-refractivity contribution in [1.82, 2.24) is 5.43 Å². The van der Waals surface area contributed by atoms with Gasteiger partial charge in [0.1, 0.15) is 5.82 Å². The summed E-state index contributed by atoms with van der Waals surface area (Å²) in [7, 11) is 0. The molecule has 2 rings (SSSR count). The lowest BCUT2D eigenvalue weighted by Crippen LogP contribution is -2.22. The van der Waals surface area contributed by atoms with Crippen LogP contribution in [0.3, 0.4) is 0 Å². The first kappa shape index (κ1) is 17.6. The average Bonchev–Trinajstić information content (AvgIpc) is 2.55. The Labute approximate surface area is 143 Å². The smallest absolute Gasteiger partial charge is 0.274 e. The summed E-state index contributed by atoms with van der Waals surface area (Å²) >= 11 is 5.77. The molecule has 0 fully saturated rings. The van der Waals surface area contributed by atoms with E-state index >= 15 is 0 Å². The van der Waals surface area contributed by atoms with Crippen molar-refractivity contribution in [3.63, 3.8) is 0 Å². The van der Waals surface area contributed by atoms with Crippen LogP contribution in [0.1, 0.15) is 23.7 Å². The zero-order chi connectivity index (χ0) is 17.5. The molecule has 0 heterocycles.